The van der Waals surface area contributed by atoms with E-state index >= 15 is 0 Å². The predicted octanol–water partition coefficient (Wildman–Crippen LogP) is 3.35. The van der Waals surface area contributed by atoms with Crippen molar-refractivity contribution < 1.29 is 24.2 Å². The van der Waals surface area contributed by atoms with Crippen LogP contribution in [0, 0.1) is 0 Å². The average molecular weight is 365 g/mol. The first kappa shape index (κ1) is 18.4. The molecule has 3 rings (SSSR count). The van der Waals surface area contributed by atoms with Crippen molar-refractivity contribution in [1.29, 1.82) is 0 Å². The van der Waals surface area contributed by atoms with Gasteiger partial charge in [0, 0.05) is 5.69 Å². The van der Waals surface area contributed by atoms with E-state index in [4.69, 9.17) is 4.74 Å². The largest absolute Gasteiger partial charge is 0.503 e. The third-order valence-corrected chi connectivity index (χ3v) is 4.36. The van der Waals surface area contributed by atoms with Crippen molar-refractivity contribution in [1.82, 2.24) is 0 Å². The molecule has 0 aliphatic carbocycles. The lowest BCUT2D eigenvalue weighted by molar-refractivity contribution is -0.117. The van der Waals surface area contributed by atoms with Gasteiger partial charge in [-0.2, -0.15) is 0 Å². The Bertz CT molecular complexity index is 915. The summed E-state index contributed by atoms with van der Waals surface area (Å²) in [5.74, 6) is -2.04. The highest BCUT2D eigenvalue weighted by Gasteiger charge is 2.43. The molecule has 0 unspecified atom stereocenters. The van der Waals surface area contributed by atoms with Crippen molar-refractivity contribution in [3.63, 3.8) is 0 Å². The van der Waals surface area contributed by atoms with Gasteiger partial charge in [0.05, 0.1) is 23.8 Å². The Morgan fingerprint density at radius 3 is 2.26 bits per heavy atom. The number of hydrogen-bond donors (Lipinski definition) is 1. The second-order valence-corrected chi connectivity index (χ2v) is 6.07. The third kappa shape index (κ3) is 3.33. The van der Waals surface area contributed by atoms with Crippen molar-refractivity contribution in [2.24, 2.45) is 0 Å². The van der Waals surface area contributed by atoms with Gasteiger partial charge in [0.1, 0.15) is 0 Å². The maximum Gasteiger partial charge on any atom is 0.338 e. The zero-order chi connectivity index (χ0) is 19.6. The van der Waals surface area contributed by atoms with Gasteiger partial charge in [0.15, 0.2) is 11.5 Å². The minimum atomic E-state index is -0.732. The first-order valence-corrected chi connectivity index (χ1v) is 8.55. The summed E-state index contributed by atoms with van der Waals surface area (Å²) in [7, 11) is 0. The Morgan fingerprint density at radius 1 is 1.07 bits per heavy atom. The van der Waals surface area contributed by atoms with Gasteiger partial charge in [-0.15, -0.1) is 0 Å². The molecule has 1 N–H and O–H groups in total. The predicted molar refractivity (Wildman–Crippen MR) is 99.4 cm³/mol. The Balaban J connectivity index is 2.04. The number of esters is 1. The Hall–Kier alpha value is -3.41. The summed E-state index contributed by atoms with van der Waals surface area (Å²) >= 11 is 0. The molecule has 0 spiro atoms. The number of anilines is 1. The quantitative estimate of drug-likeness (QED) is 0.822. The number of rotatable bonds is 5. The van der Waals surface area contributed by atoms with Gasteiger partial charge >= 0.3 is 5.97 Å². The number of nitrogens with zero attached hydrogens (tertiary/aromatic N) is 1. The Kier molecular flexibility index (Phi) is 5.07. The molecule has 1 amide bonds. The van der Waals surface area contributed by atoms with E-state index in [-0.39, 0.29) is 18.0 Å². The number of carbonyl (C=O) groups excluding carboxylic acids is 3. The summed E-state index contributed by atoms with van der Waals surface area (Å²) < 4.78 is 4.96. The van der Waals surface area contributed by atoms with Crippen LogP contribution in [-0.4, -0.2) is 29.4 Å². The second kappa shape index (κ2) is 7.45. The van der Waals surface area contributed by atoms with Crippen LogP contribution in [0.15, 0.2) is 65.9 Å². The van der Waals surface area contributed by atoms with Crippen LogP contribution in [0.3, 0.4) is 0 Å². The maximum absolute atomic E-state index is 12.7. The first-order chi connectivity index (χ1) is 13.0. The Morgan fingerprint density at radius 2 is 1.70 bits per heavy atom. The molecule has 138 valence electrons. The fraction of sp³-hybridized carbons (Fsp3) is 0.190. The number of ether oxygens (including phenoxy) is 1. The van der Waals surface area contributed by atoms with E-state index in [1.807, 2.05) is 6.07 Å². The van der Waals surface area contributed by atoms with Crippen molar-refractivity contribution in [2.75, 3.05) is 11.5 Å². The van der Waals surface area contributed by atoms with Gasteiger partial charge in [0.2, 0.25) is 0 Å². The van der Waals surface area contributed by atoms with Crippen LogP contribution < -0.4 is 4.90 Å². The Labute approximate surface area is 156 Å². The molecule has 6 nitrogen and oxygen atoms in total. The lowest BCUT2D eigenvalue weighted by atomic mass is 9.96. The fourth-order valence-electron chi connectivity index (χ4n) is 3.15. The molecule has 2 aromatic carbocycles. The second-order valence-electron chi connectivity index (χ2n) is 6.07. The van der Waals surface area contributed by atoms with Crippen LogP contribution >= 0.6 is 0 Å². The molecule has 0 fully saturated rings. The number of aliphatic hydroxyl groups is 1. The molecule has 2 aromatic rings. The standard InChI is InChI=1S/C21H19NO5/c1-3-27-21(26)15-9-11-16(12-10-15)22-18(14-7-5-4-6-8-14)17(13(2)23)19(24)20(22)25/h4-12,18,24H,3H2,1-2H3/t18-/m0/s1. The molecule has 1 aliphatic heterocycles. The number of Topliss-reactive ketones (excluding diaryl/α,β-unsaturated/α-hetero) is 1. The molecule has 1 heterocycles. The summed E-state index contributed by atoms with van der Waals surface area (Å²) in [4.78, 5) is 38.0. The van der Waals surface area contributed by atoms with Crippen molar-refractivity contribution in [2.45, 2.75) is 19.9 Å². The molecule has 0 saturated heterocycles. The van der Waals surface area contributed by atoms with Crippen LogP contribution in [0.2, 0.25) is 0 Å². The van der Waals surface area contributed by atoms with Crippen LogP contribution in [0.5, 0.6) is 0 Å². The van der Waals surface area contributed by atoms with E-state index in [9.17, 15) is 19.5 Å². The summed E-state index contributed by atoms with van der Waals surface area (Å²) in [6.07, 6.45) is 0. The van der Waals surface area contributed by atoms with Crippen molar-refractivity contribution in [3.05, 3.63) is 77.1 Å². The highest BCUT2D eigenvalue weighted by atomic mass is 16.5. The van der Waals surface area contributed by atoms with Gasteiger partial charge in [-0.25, -0.2) is 4.79 Å². The van der Waals surface area contributed by atoms with Crippen LogP contribution in [-0.2, 0) is 14.3 Å². The number of carbonyl (C=O) groups is 3. The molecular weight excluding hydrogens is 346 g/mol. The normalized spacial score (nSPS) is 16.6. The highest BCUT2D eigenvalue weighted by Crippen LogP contribution is 2.40. The summed E-state index contributed by atoms with van der Waals surface area (Å²) in [5, 5.41) is 10.3. The number of hydrogen-bond acceptors (Lipinski definition) is 5. The number of aliphatic hydroxyl groups excluding tert-OH is 1. The molecular formula is C21H19NO5. The van der Waals surface area contributed by atoms with E-state index in [0.29, 0.717) is 16.8 Å². The molecule has 27 heavy (non-hydrogen) atoms. The van der Waals surface area contributed by atoms with E-state index in [1.165, 1.54) is 11.8 Å². The number of amides is 1. The minimum absolute atomic E-state index is 0.0562. The number of benzene rings is 2. The molecule has 6 heteroatoms. The smallest absolute Gasteiger partial charge is 0.338 e. The topological polar surface area (TPSA) is 83.9 Å². The molecule has 0 saturated carbocycles. The maximum atomic E-state index is 12.7. The van der Waals surface area contributed by atoms with E-state index in [0.717, 1.165) is 0 Å². The van der Waals surface area contributed by atoms with E-state index in [2.05, 4.69) is 0 Å². The van der Waals surface area contributed by atoms with Crippen LogP contribution in [0.1, 0.15) is 35.8 Å². The SMILES string of the molecule is CCOC(=O)c1ccc(N2C(=O)C(O)=C(C(C)=O)[C@@H]2c2ccccc2)cc1. The highest BCUT2D eigenvalue weighted by molar-refractivity contribution is 6.16. The average Bonchev–Trinajstić information content (AvgIpc) is 2.94. The first-order valence-electron chi connectivity index (χ1n) is 8.55. The zero-order valence-corrected chi connectivity index (χ0v) is 15.0. The molecule has 0 bridgehead atoms. The van der Waals surface area contributed by atoms with E-state index in [1.54, 1.807) is 55.5 Å². The minimum Gasteiger partial charge on any atom is -0.503 e. The van der Waals surface area contributed by atoms with Crippen LogP contribution in [0.25, 0.3) is 0 Å². The molecule has 1 aliphatic rings. The zero-order valence-electron chi connectivity index (χ0n) is 15.0. The molecule has 0 radical (unpaired) electrons. The van der Waals surface area contributed by atoms with Gasteiger partial charge in [0.25, 0.3) is 5.91 Å². The summed E-state index contributed by atoms with van der Waals surface area (Å²) in [5.41, 5.74) is 1.58. The third-order valence-electron chi connectivity index (χ3n) is 4.36. The van der Waals surface area contributed by atoms with E-state index < -0.39 is 23.7 Å². The van der Waals surface area contributed by atoms with Gasteiger partial charge in [-0.3, -0.25) is 14.5 Å². The van der Waals surface area contributed by atoms with Crippen molar-refractivity contribution >= 4 is 23.3 Å². The van der Waals surface area contributed by atoms with Gasteiger partial charge in [-0.05, 0) is 43.7 Å². The van der Waals surface area contributed by atoms with Gasteiger partial charge in [-0.1, -0.05) is 30.3 Å². The molecule has 0 aromatic heterocycles. The lowest BCUT2D eigenvalue weighted by Gasteiger charge is -2.26. The summed E-state index contributed by atoms with van der Waals surface area (Å²) in [6, 6.07) is 14.6. The van der Waals surface area contributed by atoms with Gasteiger partial charge < -0.3 is 9.84 Å². The van der Waals surface area contributed by atoms with Crippen LogP contribution in [0.4, 0.5) is 5.69 Å². The number of ketones is 1. The fourth-order valence-corrected chi connectivity index (χ4v) is 3.15. The summed E-state index contributed by atoms with van der Waals surface area (Å²) in [6.45, 7) is 3.31. The molecule has 1 atom stereocenters. The lowest BCUT2D eigenvalue weighted by Crippen LogP contribution is -2.30. The monoisotopic (exact) mass is 365 g/mol. The van der Waals surface area contributed by atoms with Crippen molar-refractivity contribution in [3.8, 4) is 0 Å².